The number of carboxylic acids is 1. The lowest BCUT2D eigenvalue weighted by atomic mass is 10.5. The number of hydrogen-bond donors (Lipinski definition) is 1. The summed E-state index contributed by atoms with van der Waals surface area (Å²) >= 11 is 0. The summed E-state index contributed by atoms with van der Waals surface area (Å²) in [5.74, 6) is -1.17. The molecule has 11 heavy (non-hydrogen) atoms. The molecule has 0 heterocycles. The standard InChI is InChI=1S/C5H10N2O4/c1-4(2)11-7(10)6-3-5(8)9/h4H,3H2,1-2H3,(H,8,9). The maximum Gasteiger partial charge on any atom is 0.331 e. The molecule has 0 saturated heterocycles. The first-order chi connectivity index (χ1) is 5.02. The lowest BCUT2D eigenvalue weighted by Gasteiger charge is -2.04. The van der Waals surface area contributed by atoms with Crippen molar-refractivity contribution in [3.63, 3.8) is 0 Å². The molecule has 0 spiro atoms. The molecule has 0 saturated carbocycles. The van der Waals surface area contributed by atoms with Crippen molar-refractivity contribution in [1.29, 1.82) is 0 Å². The number of hydrogen-bond acceptors (Lipinski definition) is 4. The summed E-state index contributed by atoms with van der Waals surface area (Å²) in [7, 11) is 0. The van der Waals surface area contributed by atoms with Gasteiger partial charge in [-0.1, -0.05) is 0 Å². The molecule has 1 N–H and O–H groups in total. The third-order valence-electron chi connectivity index (χ3n) is 0.622. The van der Waals surface area contributed by atoms with Crippen LogP contribution < -0.4 is 0 Å². The molecule has 0 rings (SSSR count). The van der Waals surface area contributed by atoms with Crippen LogP contribution in [0.2, 0.25) is 0 Å². The van der Waals surface area contributed by atoms with Crippen molar-refractivity contribution in [3.8, 4) is 0 Å². The topological polar surface area (TPSA) is 85.0 Å². The molecule has 0 aromatic heterocycles. The van der Waals surface area contributed by atoms with E-state index >= 15 is 0 Å². The van der Waals surface area contributed by atoms with Crippen molar-refractivity contribution in [3.05, 3.63) is 5.21 Å². The van der Waals surface area contributed by atoms with Gasteiger partial charge in [-0.3, -0.25) is 0 Å². The SMILES string of the molecule is CC(C)O[N+]([O-])=NCC(=O)O. The molecular formula is C5H10N2O4. The van der Waals surface area contributed by atoms with Gasteiger partial charge in [0.2, 0.25) is 6.54 Å². The molecule has 0 aliphatic rings. The Kier molecular flexibility index (Phi) is 3.94. The summed E-state index contributed by atoms with van der Waals surface area (Å²) in [5, 5.41) is 21.4. The van der Waals surface area contributed by atoms with Crippen LogP contribution >= 0.6 is 0 Å². The zero-order valence-corrected chi connectivity index (χ0v) is 6.35. The lowest BCUT2D eigenvalue weighted by Crippen LogP contribution is -2.12. The Bertz CT molecular complexity index is 166. The highest BCUT2D eigenvalue weighted by molar-refractivity contribution is 5.68. The minimum Gasteiger partial charge on any atom is -0.480 e. The molecule has 0 bridgehead atoms. The molecule has 0 fully saturated rings. The zero-order valence-electron chi connectivity index (χ0n) is 6.35. The van der Waals surface area contributed by atoms with Crippen LogP contribution in [0.4, 0.5) is 0 Å². The molecular weight excluding hydrogens is 152 g/mol. The summed E-state index contributed by atoms with van der Waals surface area (Å²) in [5.41, 5.74) is 0. The molecule has 64 valence electrons. The van der Waals surface area contributed by atoms with Gasteiger partial charge < -0.3 is 9.94 Å². The monoisotopic (exact) mass is 162 g/mol. The molecule has 0 aliphatic heterocycles. The third kappa shape index (κ3) is 6.56. The van der Waals surface area contributed by atoms with Crippen LogP contribution in [0.25, 0.3) is 0 Å². The van der Waals surface area contributed by atoms with E-state index in [1.165, 1.54) is 0 Å². The van der Waals surface area contributed by atoms with Gasteiger partial charge in [0.1, 0.15) is 0 Å². The van der Waals surface area contributed by atoms with Gasteiger partial charge >= 0.3 is 5.97 Å². The molecule has 0 aromatic rings. The average Bonchev–Trinajstić information content (AvgIpc) is 1.82. The lowest BCUT2D eigenvalue weighted by molar-refractivity contribution is -0.798. The van der Waals surface area contributed by atoms with Crippen LogP contribution in [0.3, 0.4) is 0 Å². The van der Waals surface area contributed by atoms with Crippen molar-refractivity contribution in [2.24, 2.45) is 5.11 Å². The maximum atomic E-state index is 10.4. The summed E-state index contributed by atoms with van der Waals surface area (Å²) in [6.07, 6.45) is -0.301. The van der Waals surface area contributed by atoms with Crippen molar-refractivity contribution < 1.29 is 19.8 Å². The van der Waals surface area contributed by atoms with Crippen LogP contribution in [-0.2, 0) is 9.63 Å². The van der Waals surface area contributed by atoms with Crippen molar-refractivity contribution in [1.82, 2.24) is 0 Å². The molecule has 0 atom stereocenters. The van der Waals surface area contributed by atoms with E-state index in [2.05, 4.69) is 9.95 Å². The van der Waals surface area contributed by atoms with E-state index in [0.717, 1.165) is 0 Å². The minimum atomic E-state index is -1.17. The quantitative estimate of drug-likeness (QED) is 0.478. The third-order valence-corrected chi connectivity index (χ3v) is 0.622. The number of rotatable bonds is 4. The predicted octanol–water partition coefficient (Wildman–Crippen LogP) is 0.374. The molecule has 0 unspecified atom stereocenters. The minimum absolute atomic E-state index is 0.0845. The van der Waals surface area contributed by atoms with Crippen LogP contribution in [-0.4, -0.2) is 28.7 Å². The van der Waals surface area contributed by atoms with Gasteiger partial charge in [0.05, 0.1) is 6.10 Å². The second-order valence-corrected chi connectivity index (χ2v) is 2.09. The highest BCUT2D eigenvalue weighted by Crippen LogP contribution is 1.88. The van der Waals surface area contributed by atoms with Crippen molar-refractivity contribution in [2.45, 2.75) is 20.0 Å². The predicted molar refractivity (Wildman–Crippen MR) is 34.8 cm³/mol. The van der Waals surface area contributed by atoms with Gasteiger partial charge in [-0.05, 0) is 13.8 Å². The van der Waals surface area contributed by atoms with Crippen LogP contribution in [0, 0.1) is 5.21 Å². The summed E-state index contributed by atoms with van der Waals surface area (Å²) in [6, 6.07) is 0. The second-order valence-electron chi connectivity index (χ2n) is 2.09. The molecule has 6 nitrogen and oxygen atoms in total. The fourth-order valence-corrected chi connectivity index (χ4v) is 0.332. The molecule has 0 aromatic carbocycles. The van der Waals surface area contributed by atoms with Gasteiger partial charge in [-0.2, -0.15) is 0 Å². The second kappa shape index (κ2) is 4.48. The normalized spacial score (nSPS) is 11.7. The summed E-state index contributed by atoms with van der Waals surface area (Å²) in [6.45, 7) is 2.71. The van der Waals surface area contributed by atoms with E-state index in [9.17, 15) is 10.0 Å². The van der Waals surface area contributed by atoms with Gasteiger partial charge in [-0.15, -0.1) is 0 Å². The Morgan fingerprint density at radius 2 is 2.36 bits per heavy atom. The van der Waals surface area contributed by atoms with Gasteiger partial charge in [0.15, 0.2) is 5.02 Å². The van der Waals surface area contributed by atoms with Gasteiger partial charge in [0.25, 0.3) is 0 Å². The Morgan fingerprint density at radius 3 is 2.73 bits per heavy atom. The van der Waals surface area contributed by atoms with E-state index in [1.807, 2.05) is 0 Å². The van der Waals surface area contributed by atoms with E-state index in [0.29, 0.717) is 0 Å². The maximum absolute atomic E-state index is 10.4. The van der Waals surface area contributed by atoms with Crippen LogP contribution in [0.5, 0.6) is 0 Å². The van der Waals surface area contributed by atoms with E-state index in [-0.39, 0.29) is 11.1 Å². The highest BCUT2D eigenvalue weighted by Gasteiger charge is 2.01. The Hall–Kier alpha value is -1.33. The van der Waals surface area contributed by atoms with Gasteiger partial charge in [0, 0.05) is 5.11 Å². The number of aliphatic carboxylic acids is 1. The molecule has 0 aliphatic carbocycles. The van der Waals surface area contributed by atoms with E-state index in [1.54, 1.807) is 13.8 Å². The molecule has 6 heteroatoms. The first-order valence-corrected chi connectivity index (χ1v) is 3.05. The largest absolute Gasteiger partial charge is 0.480 e. The Labute approximate surface area is 63.6 Å². The highest BCUT2D eigenvalue weighted by atomic mass is 16.9. The van der Waals surface area contributed by atoms with Gasteiger partial charge in [-0.25, -0.2) is 10.0 Å². The van der Waals surface area contributed by atoms with Crippen molar-refractivity contribution in [2.75, 3.05) is 6.54 Å². The smallest absolute Gasteiger partial charge is 0.331 e. The fraction of sp³-hybridized carbons (Fsp3) is 0.800. The number of nitrogens with zero attached hydrogens (tertiary/aromatic N) is 2. The average molecular weight is 162 g/mol. The Morgan fingerprint density at radius 1 is 1.82 bits per heavy atom. The van der Waals surface area contributed by atoms with Crippen LogP contribution in [0.15, 0.2) is 5.11 Å². The van der Waals surface area contributed by atoms with Crippen LogP contribution in [0.1, 0.15) is 13.8 Å². The van der Waals surface area contributed by atoms with E-state index < -0.39 is 12.5 Å². The fourth-order valence-electron chi connectivity index (χ4n) is 0.332. The van der Waals surface area contributed by atoms with Crippen molar-refractivity contribution >= 4 is 5.97 Å². The number of carbonyl (C=O) groups is 1. The summed E-state index contributed by atoms with van der Waals surface area (Å²) < 4.78 is 0. The first kappa shape index (κ1) is 9.67. The molecule has 0 radical (unpaired) electrons. The zero-order chi connectivity index (χ0) is 8.85. The molecule has 0 amide bonds. The first-order valence-electron chi connectivity index (χ1n) is 3.05. The van der Waals surface area contributed by atoms with E-state index in [4.69, 9.17) is 5.11 Å². The summed E-state index contributed by atoms with van der Waals surface area (Å²) in [4.78, 5) is 14.3. The Balaban J connectivity index is 3.72. The number of carboxylic acid groups (broad SMARTS) is 1.